The van der Waals surface area contributed by atoms with Crippen molar-refractivity contribution >= 4 is 34.8 Å². The summed E-state index contributed by atoms with van der Waals surface area (Å²) < 4.78 is 0. The number of carbonyl (C=O) groups is 2. The number of fused-ring (bicyclic) bond motifs is 1. The van der Waals surface area contributed by atoms with Crippen molar-refractivity contribution in [2.45, 2.75) is 12.8 Å². The number of hydrogen-bond donors (Lipinski definition) is 1. The van der Waals surface area contributed by atoms with Crippen LogP contribution in [0.25, 0.3) is 0 Å². The molecule has 0 saturated heterocycles. The van der Waals surface area contributed by atoms with Crippen molar-refractivity contribution in [3.05, 3.63) is 94.5 Å². The number of halogens is 1. The predicted molar refractivity (Wildman–Crippen MR) is 112 cm³/mol. The molecule has 4 rings (SSSR count). The van der Waals surface area contributed by atoms with Gasteiger partial charge < -0.3 is 10.2 Å². The fraction of sp³-hybridized carbons (Fsp3) is 0.130. The van der Waals surface area contributed by atoms with Crippen LogP contribution in [0.2, 0.25) is 5.02 Å². The lowest BCUT2D eigenvalue weighted by molar-refractivity contribution is 0.0984. The smallest absolute Gasteiger partial charge is 0.258 e. The molecule has 3 aromatic carbocycles. The van der Waals surface area contributed by atoms with Gasteiger partial charge in [-0.2, -0.15) is 0 Å². The molecular weight excluding hydrogens is 372 g/mol. The molecule has 0 radical (unpaired) electrons. The van der Waals surface area contributed by atoms with E-state index in [9.17, 15) is 9.59 Å². The Bertz CT molecular complexity index is 1030. The van der Waals surface area contributed by atoms with Gasteiger partial charge in [-0.3, -0.25) is 9.59 Å². The van der Waals surface area contributed by atoms with Crippen molar-refractivity contribution in [1.82, 2.24) is 0 Å². The van der Waals surface area contributed by atoms with E-state index >= 15 is 0 Å². The second-order valence-corrected chi connectivity index (χ2v) is 7.17. The third-order valence-electron chi connectivity index (χ3n) is 4.83. The van der Waals surface area contributed by atoms with E-state index < -0.39 is 0 Å². The van der Waals surface area contributed by atoms with Gasteiger partial charge >= 0.3 is 0 Å². The Kier molecular flexibility index (Phi) is 5.13. The zero-order chi connectivity index (χ0) is 19.5. The first-order valence-electron chi connectivity index (χ1n) is 9.18. The molecule has 2 amide bonds. The number of benzene rings is 3. The van der Waals surface area contributed by atoms with Crippen LogP contribution in [0.3, 0.4) is 0 Å². The first-order valence-corrected chi connectivity index (χ1v) is 9.56. The van der Waals surface area contributed by atoms with Crippen LogP contribution in [0, 0.1) is 0 Å². The fourth-order valence-corrected chi connectivity index (χ4v) is 3.62. The highest BCUT2D eigenvalue weighted by atomic mass is 35.5. The van der Waals surface area contributed by atoms with Gasteiger partial charge in [-0.15, -0.1) is 0 Å². The Morgan fingerprint density at radius 2 is 1.68 bits per heavy atom. The minimum Gasteiger partial charge on any atom is -0.322 e. The van der Waals surface area contributed by atoms with Gasteiger partial charge in [-0.05, 0) is 66.9 Å². The summed E-state index contributed by atoms with van der Waals surface area (Å²) in [6.45, 7) is 0.711. The van der Waals surface area contributed by atoms with Crippen molar-refractivity contribution in [3.8, 4) is 0 Å². The number of amides is 2. The molecule has 0 aromatic heterocycles. The Hall–Kier alpha value is -3.11. The zero-order valence-electron chi connectivity index (χ0n) is 15.2. The first-order chi connectivity index (χ1) is 13.6. The quantitative estimate of drug-likeness (QED) is 0.669. The lowest BCUT2D eigenvalue weighted by Gasteiger charge is -2.29. The molecule has 0 fully saturated rings. The van der Waals surface area contributed by atoms with Gasteiger partial charge in [-0.25, -0.2) is 0 Å². The number of nitrogens with zero attached hydrogens (tertiary/aromatic N) is 1. The van der Waals surface area contributed by atoms with Gasteiger partial charge in [0.1, 0.15) is 0 Å². The zero-order valence-corrected chi connectivity index (χ0v) is 15.9. The van der Waals surface area contributed by atoms with E-state index in [2.05, 4.69) is 11.4 Å². The molecule has 3 aromatic rings. The van der Waals surface area contributed by atoms with Crippen molar-refractivity contribution < 1.29 is 9.59 Å². The van der Waals surface area contributed by atoms with Crippen LogP contribution in [0.1, 0.15) is 32.7 Å². The molecule has 0 bridgehead atoms. The highest BCUT2D eigenvalue weighted by Gasteiger charge is 2.23. The van der Waals surface area contributed by atoms with Gasteiger partial charge in [0.25, 0.3) is 11.8 Å². The second-order valence-electron chi connectivity index (χ2n) is 6.73. The molecule has 1 heterocycles. The first kappa shape index (κ1) is 18.3. The van der Waals surface area contributed by atoms with Crippen LogP contribution in [-0.4, -0.2) is 18.4 Å². The summed E-state index contributed by atoms with van der Waals surface area (Å²) in [4.78, 5) is 27.1. The van der Waals surface area contributed by atoms with Crippen LogP contribution >= 0.6 is 11.6 Å². The van der Waals surface area contributed by atoms with Crippen LogP contribution in [0.15, 0.2) is 72.8 Å². The molecule has 5 heteroatoms. The number of nitrogens with one attached hydrogen (secondary N) is 1. The molecule has 0 aliphatic carbocycles. The Balaban J connectivity index is 1.49. The monoisotopic (exact) mass is 390 g/mol. The molecule has 1 aliphatic heterocycles. The average Bonchev–Trinajstić information content (AvgIpc) is 2.73. The molecule has 28 heavy (non-hydrogen) atoms. The number of anilines is 2. The van der Waals surface area contributed by atoms with Crippen LogP contribution in [0.4, 0.5) is 11.4 Å². The van der Waals surface area contributed by atoms with E-state index in [4.69, 9.17) is 11.6 Å². The Labute approximate surface area is 168 Å². The number of carbonyl (C=O) groups excluding carboxylic acids is 2. The van der Waals surface area contributed by atoms with Gasteiger partial charge in [0.2, 0.25) is 0 Å². The summed E-state index contributed by atoms with van der Waals surface area (Å²) in [5, 5.41) is 3.33. The summed E-state index contributed by atoms with van der Waals surface area (Å²) in [6.07, 6.45) is 1.95. The lowest BCUT2D eigenvalue weighted by atomic mass is 10.0. The standard InChI is InChI=1S/C23H19ClN2O2/c24-19-8-3-6-18(15-19)22(27)25-20-12-10-17(11-13-20)23(28)26-14-4-7-16-5-1-2-9-21(16)26/h1-3,5-6,8-13,15H,4,7,14H2,(H,25,27). The topological polar surface area (TPSA) is 49.4 Å². The minimum absolute atomic E-state index is 0.0279. The van der Waals surface area contributed by atoms with Crippen molar-refractivity contribution in [2.75, 3.05) is 16.8 Å². The molecular formula is C23H19ClN2O2. The Morgan fingerprint density at radius 1 is 0.893 bits per heavy atom. The Morgan fingerprint density at radius 3 is 2.46 bits per heavy atom. The van der Waals surface area contributed by atoms with Crippen LogP contribution in [0.5, 0.6) is 0 Å². The summed E-state index contributed by atoms with van der Waals surface area (Å²) in [6, 6.07) is 21.8. The number of aryl methyl sites for hydroxylation is 1. The molecule has 140 valence electrons. The highest BCUT2D eigenvalue weighted by molar-refractivity contribution is 6.31. The lowest BCUT2D eigenvalue weighted by Crippen LogP contribution is -2.35. The molecule has 0 saturated carbocycles. The maximum atomic E-state index is 13.0. The van der Waals surface area contributed by atoms with Gasteiger partial charge in [-0.1, -0.05) is 35.9 Å². The van der Waals surface area contributed by atoms with Gasteiger partial charge in [0.15, 0.2) is 0 Å². The van der Waals surface area contributed by atoms with E-state index in [0.717, 1.165) is 18.5 Å². The predicted octanol–water partition coefficient (Wildman–Crippen LogP) is 5.19. The summed E-state index contributed by atoms with van der Waals surface area (Å²) in [5.74, 6) is -0.272. The molecule has 4 nitrogen and oxygen atoms in total. The van der Waals surface area contributed by atoms with Crippen LogP contribution in [-0.2, 0) is 6.42 Å². The van der Waals surface area contributed by atoms with Crippen molar-refractivity contribution in [2.24, 2.45) is 0 Å². The SMILES string of the molecule is O=C(Nc1ccc(C(=O)N2CCCc3ccccc32)cc1)c1cccc(Cl)c1. The average molecular weight is 391 g/mol. The number of para-hydroxylation sites is 1. The second kappa shape index (κ2) is 7.87. The molecule has 1 N–H and O–H groups in total. The number of hydrogen-bond acceptors (Lipinski definition) is 2. The van der Waals surface area contributed by atoms with E-state index in [1.54, 1.807) is 48.5 Å². The molecule has 0 unspecified atom stereocenters. The molecule has 0 atom stereocenters. The summed E-state index contributed by atoms with van der Waals surface area (Å²) >= 11 is 5.94. The third-order valence-corrected chi connectivity index (χ3v) is 5.07. The minimum atomic E-state index is -0.244. The van der Waals surface area contributed by atoms with E-state index in [1.807, 2.05) is 23.1 Å². The van der Waals surface area contributed by atoms with Crippen molar-refractivity contribution in [3.63, 3.8) is 0 Å². The number of rotatable bonds is 3. The summed E-state index contributed by atoms with van der Waals surface area (Å²) in [7, 11) is 0. The normalized spacial score (nSPS) is 13.0. The molecule has 1 aliphatic rings. The maximum Gasteiger partial charge on any atom is 0.258 e. The fourth-order valence-electron chi connectivity index (χ4n) is 3.43. The van der Waals surface area contributed by atoms with Crippen LogP contribution < -0.4 is 10.2 Å². The maximum absolute atomic E-state index is 13.0. The van der Waals surface area contributed by atoms with Gasteiger partial charge in [0.05, 0.1) is 0 Å². The van der Waals surface area contributed by atoms with Gasteiger partial charge in [0, 0.05) is 34.1 Å². The third kappa shape index (κ3) is 3.78. The van der Waals surface area contributed by atoms with E-state index in [1.165, 1.54) is 5.56 Å². The molecule has 0 spiro atoms. The van der Waals surface area contributed by atoms with Crippen molar-refractivity contribution in [1.29, 1.82) is 0 Å². The van der Waals surface area contributed by atoms with E-state index in [-0.39, 0.29) is 11.8 Å². The largest absolute Gasteiger partial charge is 0.322 e. The highest BCUT2D eigenvalue weighted by Crippen LogP contribution is 2.28. The van der Waals surface area contributed by atoms with E-state index in [0.29, 0.717) is 28.4 Å². The summed E-state index contributed by atoms with van der Waals surface area (Å²) in [5.41, 5.74) is 3.89.